The van der Waals surface area contributed by atoms with Gasteiger partial charge in [0.05, 0.1) is 20.8 Å². The lowest BCUT2D eigenvalue weighted by Crippen LogP contribution is -2.07. The highest BCUT2D eigenvalue weighted by Gasteiger charge is 2.13. The summed E-state index contributed by atoms with van der Waals surface area (Å²) in [6.45, 7) is 1.25. The summed E-state index contributed by atoms with van der Waals surface area (Å²) >= 11 is 0. The molecular weight excluding hydrogens is 234 g/mol. The average Bonchev–Trinajstić information content (AvgIpc) is 2.40. The number of benzene rings is 1. The maximum atomic E-state index is 8.76. The van der Waals surface area contributed by atoms with E-state index >= 15 is 0 Å². The Labute approximate surface area is 108 Å². The highest BCUT2D eigenvalue weighted by atomic mass is 16.5. The summed E-state index contributed by atoms with van der Waals surface area (Å²) in [7, 11) is 5.07. The summed E-state index contributed by atoms with van der Waals surface area (Å²) in [5.41, 5.74) is 1.06. The van der Waals surface area contributed by atoms with Crippen LogP contribution >= 0.6 is 0 Å². The van der Waals surface area contributed by atoms with Crippen LogP contribution < -0.4 is 19.5 Å². The third-order valence-corrected chi connectivity index (χ3v) is 2.45. The molecule has 0 aliphatic heterocycles. The van der Waals surface area contributed by atoms with Gasteiger partial charge in [-0.15, -0.1) is 0 Å². The van der Waals surface area contributed by atoms with Crippen LogP contribution in [0, 0.1) is 0 Å². The summed E-state index contributed by atoms with van der Waals surface area (Å²) in [5, 5.41) is 11.8. The van der Waals surface area contributed by atoms with Crippen LogP contribution in [0.15, 0.2) is 12.1 Å². The van der Waals surface area contributed by atoms with Crippen LogP contribution in [-0.2, 0) is 6.54 Å². The van der Waals surface area contributed by atoms with E-state index in [-0.39, 0.29) is 6.61 Å². The molecule has 1 aromatic carbocycles. The molecule has 0 aliphatic rings. The van der Waals surface area contributed by atoms with Gasteiger partial charge in [0, 0.05) is 19.6 Å². The van der Waals surface area contributed by atoms with Crippen molar-refractivity contribution >= 4 is 0 Å². The van der Waals surface area contributed by atoms with Crippen molar-refractivity contribution in [3.63, 3.8) is 0 Å². The second-order valence-electron chi connectivity index (χ2n) is 3.79. The molecule has 102 valence electrons. The fraction of sp³-hybridized carbons (Fsp3) is 0.538. The lowest BCUT2D eigenvalue weighted by atomic mass is 10.2. The van der Waals surface area contributed by atoms with Gasteiger partial charge < -0.3 is 24.6 Å². The van der Waals surface area contributed by atoms with Gasteiger partial charge in [-0.3, -0.25) is 0 Å². The summed E-state index contributed by atoms with van der Waals surface area (Å²) in [5.74, 6) is 1.85. The molecule has 0 saturated heterocycles. The predicted molar refractivity (Wildman–Crippen MR) is 69.5 cm³/mol. The maximum Gasteiger partial charge on any atom is 0.203 e. The number of ether oxygens (including phenoxy) is 3. The van der Waals surface area contributed by atoms with E-state index in [2.05, 4.69) is 5.32 Å². The SMILES string of the molecule is CNCc1cc(OC)c(OCCCO)c(OC)c1. The Morgan fingerprint density at radius 3 is 2.22 bits per heavy atom. The molecule has 0 spiro atoms. The van der Waals surface area contributed by atoms with Gasteiger partial charge >= 0.3 is 0 Å². The van der Waals surface area contributed by atoms with E-state index in [9.17, 15) is 0 Å². The standard InChI is InChI=1S/C13H21NO4/c1-14-9-10-7-11(16-2)13(12(8-10)17-3)18-6-4-5-15/h7-8,14-15H,4-6,9H2,1-3H3. The molecule has 0 aliphatic carbocycles. The first kappa shape index (κ1) is 14.6. The number of aliphatic hydroxyl groups excluding tert-OH is 1. The van der Waals surface area contributed by atoms with Crippen LogP contribution in [0.3, 0.4) is 0 Å². The number of hydrogen-bond acceptors (Lipinski definition) is 5. The predicted octanol–water partition coefficient (Wildman–Crippen LogP) is 1.18. The van der Waals surface area contributed by atoms with Crippen molar-refractivity contribution in [2.24, 2.45) is 0 Å². The monoisotopic (exact) mass is 255 g/mol. The van der Waals surface area contributed by atoms with Crippen LogP contribution in [0.2, 0.25) is 0 Å². The minimum Gasteiger partial charge on any atom is -0.493 e. The highest BCUT2D eigenvalue weighted by molar-refractivity contribution is 5.53. The van der Waals surface area contributed by atoms with Crippen molar-refractivity contribution in [2.45, 2.75) is 13.0 Å². The zero-order chi connectivity index (χ0) is 13.4. The first-order valence-corrected chi connectivity index (χ1v) is 5.90. The Morgan fingerprint density at radius 2 is 1.78 bits per heavy atom. The van der Waals surface area contributed by atoms with Crippen molar-refractivity contribution in [3.8, 4) is 17.2 Å². The molecular formula is C13H21NO4. The summed E-state index contributed by atoms with van der Waals surface area (Å²) in [6, 6.07) is 3.82. The van der Waals surface area contributed by atoms with Crippen LogP contribution in [0.1, 0.15) is 12.0 Å². The van der Waals surface area contributed by atoms with E-state index in [4.69, 9.17) is 19.3 Å². The lowest BCUT2D eigenvalue weighted by molar-refractivity contribution is 0.221. The number of hydrogen-bond donors (Lipinski definition) is 2. The van der Waals surface area contributed by atoms with Gasteiger partial charge in [0.15, 0.2) is 11.5 Å². The largest absolute Gasteiger partial charge is 0.493 e. The molecule has 5 nitrogen and oxygen atoms in total. The van der Waals surface area contributed by atoms with Crippen LogP contribution in [0.4, 0.5) is 0 Å². The van der Waals surface area contributed by atoms with Gasteiger partial charge in [0.2, 0.25) is 5.75 Å². The first-order valence-electron chi connectivity index (χ1n) is 5.90. The van der Waals surface area contributed by atoms with Gasteiger partial charge in [-0.2, -0.15) is 0 Å². The Balaban J connectivity index is 2.97. The Bertz CT molecular complexity index is 343. The van der Waals surface area contributed by atoms with Crippen LogP contribution in [0.25, 0.3) is 0 Å². The van der Waals surface area contributed by atoms with Gasteiger partial charge in [-0.1, -0.05) is 0 Å². The molecule has 0 amide bonds. The summed E-state index contributed by atoms with van der Waals surface area (Å²) in [6.07, 6.45) is 0.574. The molecule has 0 unspecified atom stereocenters. The molecule has 18 heavy (non-hydrogen) atoms. The van der Waals surface area contributed by atoms with Gasteiger partial charge in [0.1, 0.15) is 0 Å². The lowest BCUT2D eigenvalue weighted by Gasteiger charge is -2.15. The molecule has 0 radical (unpaired) electrons. The van der Waals surface area contributed by atoms with Crippen molar-refractivity contribution in [3.05, 3.63) is 17.7 Å². The van der Waals surface area contributed by atoms with E-state index in [1.165, 1.54) is 0 Å². The molecule has 1 rings (SSSR count). The van der Waals surface area contributed by atoms with E-state index in [0.717, 1.165) is 12.1 Å². The van der Waals surface area contributed by atoms with Crippen molar-refractivity contribution < 1.29 is 19.3 Å². The number of rotatable bonds is 8. The quantitative estimate of drug-likeness (QED) is 0.683. The second kappa shape index (κ2) is 7.79. The summed E-state index contributed by atoms with van der Waals surface area (Å²) in [4.78, 5) is 0. The average molecular weight is 255 g/mol. The molecule has 5 heteroatoms. The van der Waals surface area contributed by atoms with Gasteiger partial charge in [-0.25, -0.2) is 0 Å². The molecule has 1 aromatic rings. The number of methoxy groups -OCH3 is 2. The van der Waals surface area contributed by atoms with Crippen LogP contribution in [0.5, 0.6) is 17.2 Å². The van der Waals surface area contributed by atoms with E-state index < -0.39 is 0 Å². The molecule has 0 heterocycles. The van der Waals surface area contributed by atoms with E-state index in [0.29, 0.717) is 30.3 Å². The van der Waals surface area contributed by atoms with Gasteiger partial charge in [-0.05, 0) is 24.7 Å². The molecule has 2 N–H and O–H groups in total. The minimum atomic E-state index is 0.0997. The summed E-state index contributed by atoms with van der Waals surface area (Å²) < 4.78 is 16.2. The first-order chi connectivity index (χ1) is 8.76. The molecule has 0 saturated carbocycles. The van der Waals surface area contributed by atoms with E-state index in [1.54, 1.807) is 14.2 Å². The Hall–Kier alpha value is -1.46. The number of nitrogens with one attached hydrogen (secondary N) is 1. The number of aliphatic hydroxyl groups is 1. The van der Waals surface area contributed by atoms with Crippen LogP contribution in [-0.4, -0.2) is 39.6 Å². The van der Waals surface area contributed by atoms with Crippen molar-refractivity contribution in [1.29, 1.82) is 0 Å². The molecule has 0 aromatic heterocycles. The zero-order valence-electron chi connectivity index (χ0n) is 11.2. The third kappa shape index (κ3) is 3.78. The van der Waals surface area contributed by atoms with Crippen molar-refractivity contribution in [1.82, 2.24) is 5.32 Å². The molecule has 0 bridgehead atoms. The third-order valence-electron chi connectivity index (χ3n) is 2.45. The maximum absolute atomic E-state index is 8.76. The van der Waals surface area contributed by atoms with E-state index in [1.807, 2.05) is 19.2 Å². The molecule has 0 atom stereocenters. The normalized spacial score (nSPS) is 10.2. The van der Waals surface area contributed by atoms with Crippen molar-refractivity contribution in [2.75, 3.05) is 34.5 Å². The fourth-order valence-electron chi connectivity index (χ4n) is 1.62. The second-order valence-corrected chi connectivity index (χ2v) is 3.79. The highest BCUT2D eigenvalue weighted by Crippen LogP contribution is 2.38. The molecule has 0 fully saturated rings. The smallest absolute Gasteiger partial charge is 0.203 e. The topological polar surface area (TPSA) is 60.0 Å². The minimum absolute atomic E-state index is 0.0997. The zero-order valence-corrected chi connectivity index (χ0v) is 11.2. The Kier molecular flexibility index (Phi) is 6.32. The fourth-order valence-corrected chi connectivity index (χ4v) is 1.62. The van der Waals surface area contributed by atoms with Gasteiger partial charge in [0.25, 0.3) is 0 Å². The Morgan fingerprint density at radius 1 is 1.17 bits per heavy atom.